The van der Waals surface area contributed by atoms with Crippen LogP contribution in [0.25, 0.3) is 10.9 Å². The van der Waals surface area contributed by atoms with E-state index in [4.69, 9.17) is 5.73 Å². The third kappa shape index (κ3) is 3.77. The van der Waals surface area contributed by atoms with E-state index in [2.05, 4.69) is 4.98 Å². The molecular formula is C20H23N3O2S. The highest BCUT2D eigenvalue weighted by Crippen LogP contribution is 2.27. The summed E-state index contributed by atoms with van der Waals surface area (Å²) in [6.45, 7) is 2.73. The van der Waals surface area contributed by atoms with Gasteiger partial charge in [-0.3, -0.25) is 4.98 Å². The van der Waals surface area contributed by atoms with Crippen molar-refractivity contribution in [2.75, 3.05) is 19.6 Å². The van der Waals surface area contributed by atoms with Crippen LogP contribution < -0.4 is 5.73 Å². The third-order valence-corrected chi connectivity index (χ3v) is 6.47. The van der Waals surface area contributed by atoms with Gasteiger partial charge < -0.3 is 5.73 Å². The number of hydrogen-bond donors (Lipinski definition) is 1. The minimum Gasteiger partial charge on any atom is -0.329 e. The Hall–Kier alpha value is -2.28. The molecule has 3 aromatic rings. The Morgan fingerprint density at radius 1 is 1.00 bits per heavy atom. The summed E-state index contributed by atoms with van der Waals surface area (Å²) in [5.74, 6) is 0. The van der Waals surface area contributed by atoms with E-state index >= 15 is 0 Å². The maximum absolute atomic E-state index is 13.4. The van der Waals surface area contributed by atoms with Crippen molar-refractivity contribution >= 4 is 20.9 Å². The minimum atomic E-state index is -3.70. The lowest BCUT2D eigenvalue weighted by Crippen LogP contribution is -2.37. The van der Waals surface area contributed by atoms with Crippen LogP contribution in [0.2, 0.25) is 0 Å². The summed E-state index contributed by atoms with van der Waals surface area (Å²) in [4.78, 5) is 4.61. The fourth-order valence-electron chi connectivity index (χ4n) is 3.07. The Morgan fingerprint density at radius 2 is 1.77 bits per heavy atom. The van der Waals surface area contributed by atoms with Crippen LogP contribution in [-0.4, -0.2) is 37.3 Å². The Labute approximate surface area is 154 Å². The number of fused-ring (bicyclic) bond motifs is 1. The van der Waals surface area contributed by atoms with Gasteiger partial charge in [-0.05, 0) is 30.5 Å². The molecular weight excluding hydrogens is 346 g/mol. The summed E-state index contributed by atoms with van der Waals surface area (Å²) in [6, 6.07) is 17.3. The van der Waals surface area contributed by atoms with E-state index in [1.165, 1.54) is 4.31 Å². The number of hydrogen-bond acceptors (Lipinski definition) is 4. The molecule has 2 aromatic carbocycles. The van der Waals surface area contributed by atoms with Crippen molar-refractivity contribution in [2.24, 2.45) is 5.73 Å². The number of rotatable bonds is 7. The molecule has 0 saturated carbocycles. The largest absolute Gasteiger partial charge is 0.329 e. The fourth-order valence-corrected chi connectivity index (χ4v) is 4.89. The second kappa shape index (κ2) is 7.95. The number of sulfonamides is 1. The summed E-state index contributed by atoms with van der Waals surface area (Å²) in [5, 5.41) is 0.812. The molecule has 1 aromatic heterocycles. The van der Waals surface area contributed by atoms with Crippen LogP contribution in [0, 0.1) is 6.92 Å². The zero-order valence-electron chi connectivity index (χ0n) is 14.8. The molecule has 0 atom stereocenters. The normalized spacial score (nSPS) is 12.0. The average molecular weight is 369 g/mol. The van der Waals surface area contributed by atoms with Gasteiger partial charge in [0.2, 0.25) is 10.0 Å². The second-order valence-corrected chi connectivity index (χ2v) is 8.09. The van der Waals surface area contributed by atoms with Crippen LogP contribution in [-0.2, 0) is 16.4 Å². The molecule has 1 heterocycles. The molecule has 0 amide bonds. The van der Waals surface area contributed by atoms with Gasteiger partial charge in [0, 0.05) is 31.2 Å². The molecule has 0 bridgehead atoms. The molecule has 0 spiro atoms. The molecule has 136 valence electrons. The molecule has 5 nitrogen and oxygen atoms in total. The zero-order valence-corrected chi connectivity index (χ0v) is 15.6. The Balaban J connectivity index is 1.99. The Kier molecular flexibility index (Phi) is 5.66. The quantitative estimate of drug-likeness (QED) is 0.695. The lowest BCUT2D eigenvalue weighted by molar-refractivity contribution is 0.422. The fraction of sp³-hybridized carbons (Fsp3) is 0.250. The van der Waals surface area contributed by atoms with E-state index in [1.54, 1.807) is 19.2 Å². The standard InChI is InChI=1S/C20H23N3O2S/c1-16-9-10-18-8-5-13-22-19(18)20(16)26(24,25)23(15-12-21)14-11-17-6-3-2-4-7-17/h2-10,13H,11-12,14-15,21H2,1H3. The van der Waals surface area contributed by atoms with E-state index in [0.29, 0.717) is 24.0 Å². The van der Waals surface area contributed by atoms with Gasteiger partial charge in [0.25, 0.3) is 0 Å². The van der Waals surface area contributed by atoms with Crippen LogP contribution in [0.15, 0.2) is 65.7 Å². The lowest BCUT2D eigenvalue weighted by atomic mass is 10.1. The van der Waals surface area contributed by atoms with Crippen molar-refractivity contribution in [2.45, 2.75) is 18.2 Å². The van der Waals surface area contributed by atoms with Gasteiger partial charge in [0.15, 0.2) is 0 Å². The van der Waals surface area contributed by atoms with Crippen molar-refractivity contribution in [3.05, 3.63) is 71.9 Å². The van der Waals surface area contributed by atoms with Crippen molar-refractivity contribution in [3.63, 3.8) is 0 Å². The number of aromatic nitrogens is 1. The van der Waals surface area contributed by atoms with Crippen molar-refractivity contribution in [1.29, 1.82) is 0 Å². The van der Waals surface area contributed by atoms with Crippen LogP contribution in [0.4, 0.5) is 0 Å². The van der Waals surface area contributed by atoms with Gasteiger partial charge in [-0.25, -0.2) is 8.42 Å². The predicted molar refractivity (Wildman–Crippen MR) is 104 cm³/mol. The molecule has 0 aliphatic carbocycles. The number of benzene rings is 2. The van der Waals surface area contributed by atoms with E-state index < -0.39 is 10.0 Å². The van der Waals surface area contributed by atoms with Gasteiger partial charge in [-0.1, -0.05) is 48.5 Å². The summed E-state index contributed by atoms with van der Waals surface area (Å²) < 4.78 is 28.3. The molecule has 26 heavy (non-hydrogen) atoms. The van der Waals surface area contributed by atoms with Crippen LogP contribution >= 0.6 is 0 Å². The number of pyridine rings is 1. The molecule has 0 radical (unpaired) electrons. The van der Waals surface area contributed by atoms with Crippen LogP contribution in [0.3, 0.4) is 0 Å². The van der Waals surface area contributed by atoms with E-state index in [1.807, 2.05) is 48.5 Å². The minimum absolute atomic E-state index is 0.269. The van der Waals surface area contributed by atoms with Gasteiger partial charge in [-0.2, -0.15) is 4.31 Å². The maximum Gasteiger partial charge on any atom is 0.245 e. The van der Waals surface area contributed by atoms with Gasteiger partial charge >= 0.3 is 0 Å². The van der Waals surface area contributed by atoms with Crippen molar-refractivity contribution in [1.82, 2.24) is 9.29 Å². The molecule has 3 rings (SSSR count). The summed E-state index contributed by atoms with van der Waals surface area (Å²) in [7, 11) is -3.70. The van der Waals surface area contributed by atoms with Gasteiger partial charge in [0.05, 0.1) is 5.52 Å². The highest BCUT2D eigenvalue weighted by Gasteiger charge is 2.28. The van der Waals surface area contributed by atoms with E-state index in [9.17, 15) is 8.42 Å². The predicted octanol–water partition coefficient (Wildman–Crippen LogP) is 2.74. The molecule has 2 N–H and O–H groups in total. The first-order chi connectivity index (χ1) is 12.5. The van der Waals surface area contributed by atoms with Crippen LogP contribution in [0.1, 0.15) is 11.1 Å². The summed E-state index contributed by atoms with van der Waals surface area (Å²) in [5.41, 5.74) is 8.00. The first-order valence-electron chi connectivity index (χ1n) is 8.62. The topological polar surface area (TPSA) is 76.3 Å². The molecule has 0 aliphatic heterocycles. The Bertz CT molecular complexity index is 988. The maximum atomic E-state index is 13.4. The van der Waals surface area contributed by atoms with Gasteiger partial charge in [-0.15, -0.1) is 0 Å². The van der Waals surface area contributed by atoms with Crippen LogP contribution in [0.5, 0.6) is 0 Å². The smallest absolute Gasteiger partial charge is 0.245 e. The first-order valence-corrected chi connectivity index (χ1v) is 10.1. The summed E-state index contributed by atoms with van der Waals surface area (Å²) in [6.07, 6.45) is 2.26. The first kappa shape index (κ1) is 18.5. The number of nitrogens with two attached hydrogens (primary N) is 1. The molecule has 0 aliphatic rings. The van der Waals surface area contributed by atoms with E-state index in [0.717, 1.165) is 10.9 Å². The van der Waals surface area contributed by atoms with Gasteiger partial charge in [0.1, 0.15) is 4.90 Å². The molecule has 0 unspecified atom stereocenters. The highest BCUT2D eigenvalue weighted by molar-refractivity contribution is 7.89. The summed E-state index contributed by atoms with van der Waals surface area (Å²) >= 11 is 0. The van der Waals surface area contributed by atoms with Crippen molar-refractivity contribution < 1.29 is 8.42 Å². The van der Waals surface area contributed by atoms with Crippen molar-refractivity contribution in [3.8, 4) is 0 Å². The average Bonchev–Trinajstić information content (AvgIpc) is 2.65. The zero-order chi connectivity index (χ0) is 18.6. The third-order valence-electron chi connectivity index (χ3n) is 4.39. The number of aryl methyl sites for hydroxylation is 1. The highest BCUT2D eigenvalue weighted by atomic mass is 32.2. The monoisotopic (exact) mass is 369 g/mol. The molecule has 0 saturated heterocycles. The van der Waals surface area contributed by atoms with E-state index in [-0.39, 0.29) is 18.0 Å². The molecule has 6 heteroatoms. The number of nitrogens with zero attached hydrogens (tertiary/aromatic N) is 2. The Morgan fingerprint density at radius 3 is 2.50 bits per heavy atom. The molecule has 0 fully saturated rings. The SMILES string of the molecule is Cc1ccc2cccnc2c1S(=O)(=O)N(CCN)CCc1ccccc1. The second-order valence-electron chi connectivity index (χ2n) is 6.22. The lowest BCUT2D eigenvalue weighted by Gasteiger charge is -2.23.